The maximum Gasteiger partial charge on any atom is 0.257 e. The highest BCUT2D eigenvalue weighted by molar-refractivity contribution is 6.05. The summed E-state index contributed by atoms with van der Waals surface area (Å²) in [6.07, 6.45) is 2.88. The quantitative estimate of drug-likeness (QED) is 0.441. The van der Waals surface area contributed by atoms with Crippen molar-refractivity contribution in [2.75, 3.05) is 13.2 Å². The maximum absolute atomic E-state index is 12.1. The van der Waals surface area contributed by atoms with E-state index in [4.69, 9.17) is 10.5 Å². The lowest BCUT2D eigenvalue weighted by Crippen LogP contribution is -2.37. The predicted molar refractivity (Wildman–Crippen MR) is 101 cm³/mol. The smallest absolute Gasteiger partial charge is 0.257 e. The summed E-state index contributed by atoms with van der Waals surface area (Å²) in [7, 11) is 0. The second-order valence-electron chi connectivity index (χ2n) is 5.68. The summed E-state index contributed by atoms with van der Waals surface area (Å²) >= 11 is 0. The van der Waals surface area contributed by atoms with Gasteiger partial charge in [0.1, 0.15) is 5.75 Å². The number of hydrogen-bond acceptors (Lipinski definition) is 3. The second kappa shape index (κ2) is 10.1. The summed E-state index contributed by atoms with van der Waals surface area (Å²) in [6.45, 7) is 3.33. The number of nitrogens with zero attached hydrogens (tertiary/aromatic N) is 1. The molecule has 1 amide bonds. The van der Waals surface area contributed by atoms with Crippen LogP contribution in [0.5, 0.6) is 5.75 Å². The molecule has 0 fully saturated rings. The van der Waals surface area contributed by atoms with Crippen molar-refractivity contribution < 1.29 is 9.53 Å². The molecule has 2 aromatic carbocycles. The van der Waals surface area contributed by atoms with Crippen molar-refractivity contribution >= 4 is 11.9 Å². The highest BCUT2D eigenvalue weighted by atomic mass is 16.5. The van der Waals surface area contributed by atoms with Crippen LogP contribution in [0.3, 0.4) is 0 Å². The molecule has 0 aliphatic heterocycles. The van der Waals surface area contributed by atoms with Crippen LogP contribution >= 0.6 is 0 Å². The van der Waals surface area contributed by atoms with Gasteiger partial charge in [0.05, 0.1) is 6.61 Å². The molecule has 0 heterocycles. The molecule has 0 atom stereocenters. The summed E-state index contributed by atoms with van der Waals surface area (Å²) in [4.78, 5) is 16.3. The third-order valence-corrected chi connectivity index (χ3v) is 3.65. The van der Waals surface area contributed by atoms with Gasteiger partial charge in [0.15, 0.2) is 5.96 Å². The van der Waals surface area contributed by atoms with E-state index in [1.54, 1.807) is 24.3 Å². The lowest BCUT2D eigenvalue weighted by molar-refractivity contribution is 0.0976. The molecule has 5 nitrogen and oxygen atoms in total. The Bertz CT molecular complexity index is 682. The zero-order valence-corrected chi connectivity index (χ0v) is 14.6. The molecule has 3 N–H and O–H groups in total. The van der Waals surface area contributed by atoms with Gasteiger partial charge in [-0.25, -0.2) is 0 Å². The largest absolute Gasteiger partial charge is 0.494 e. The van der Waals surface area contributed by atoms with Crippen molar-refractivity contribution in [3.63, 3.8) is 0 Å². The third-order valence-electron chi connectivity index (χ3n) is 3.65. The van der Waals surface area contributed by atoms with E-state index in [1.807, 2.05) is 30.3 Å². The minimum absolute atomic E-state index is 0.129. The van der Waals surface area contributed by atoms with Gasteiger partial charge in [-0.15, -0.1) is 0 Å². The maximum atomic E-state index is 12.1. The van der Waals surface area contributed by atoms with Crippen LogP contribution in [0.15, 0.2) is 59.6 Å². The molecule has 0 bridgehead atoms. The monoisotopic (exact) mass is 339 g/mol. The van der Waals surface area contributed by atoms with Crippen LogP contribution in [0.4, 0.5) is 0 Å². The van der Waals surface area contributed by atoms with E-state index in [0.717, 1.165) is 25.0 Å². The Morgan fingerprint density at radius 3 is 2.52 bits per heavy atom. The van der Waals surface area contributed by atoms with Crippen molar-refractivity contribution in [2.45, 2.75) is 26.2 Å². The Balaban J connectivity index is 1.80. The minimum atomic E-state index is -0.277. The molecule has 0 saturated heterocycles. The number of benzene rings is 2. The fourth-order valence-electron chi connectivity index (χ4n) is 2.22. The van der Waals surface area contributed by atoms with E-state index < -0.39 is 0 Å². The standard InChI is InChI=1S/C20H25N3O2/c1-2-3-15-25-18-11-9-17(10-12-18)19(24)23-20(21)22-14-13-16-7-5-4-6-8-16/h4-12H,2-3,13-15H2,1H3,(H3,21,22,23,24). The summed E-state index contributed by atoms with van der Waals surface area (Å²) in [5.74, 6) is 0.611. The number of rotatable bonds is 8. The predicted octanol–water partition coefficient (Wildman–Crippen LogP) is 3.15. The Morgan fingerprint density at radius 2 is 1.84 bits per heavy atom. The number of carbonyl (C=O) groups is 1. The fourth-order valence-corrected chi connectivity index (χ4v) is 2.22. The molecule has 2 rings (SSSR count). The van der Waals surface area contributed by atoms with Gasteiger partial charge < -0.3 is 10.5 Å². The number of carbonyl (C=O) groups excluding carboxylic acids is 1. The molecule has 0 aliphatic rings. The summed E-state index contributed by atoms with van der Waals surface area (Å²) in [6, 6.07) is 17.0. The number of amides is 1. The highest BCUT2D eigenvalue weighted by Gasteiger charge is 2.07. The molecule has 5 heteroatoms. The highest BCUT2D eigenvalue weighted by Crippen LogP contribution is 2.12. The number of guanidine groups is 1. The SMILES string of the molecule is CCCCOc1ccc(C(=O)NC(N)=NCCc2ccccc2)cc1. The first-order valence-electron chi connectivity index (χ1n) is 8.57. The summed E-state index contributed by atoms with van der Waals surface area (Å²) < 4.78 is 5.58. The van der Waals surface area contributed by atoms with Gasteiger partial charge in [-0.2, -0.15) is 0 Å². The molecule has 2 aromatic rings. The van der Waals surface area contributed by atoms with Crippen molar-refractivity contribution in [2.24, 2.45) is 10.7 Å². The fraction of sp³-hybridized carbons (Fsp3) is 0.300. The average Bonchev–Trinajstić information content (AvgIpc) is 2.63. The number of nitrogens with one attached hydrogen (secondary N) is 1. The zero-order valence-electron chi connectivity index (χ0n) is 14.6. The molecule has 0 unspecified atom stereocenters. The van der Waals surface area contributed by atoms with Crippen molar-refractivity contribution in [3.8, 4) is 5.75 Å². The molecule has 0 aliphatic carbocycles. The lowest BCUT2D eigenvalue weighted by atomic mass is 10.2. The van der Waals surface area contributed by atoms with Gasteiger partial charge in [-0.1, -0.05) is 43.7 Å². The van der Waals surface area contributed by atoms with Gasteiger partial charge in [0.2, 0.25) is 0 Å². The summed E-state index contributed by atoms with van der Waals surface area (Å²) in [5.41, 5.74) is 7.48. The average molecular weight is 339 g/mol. The zero-order chi connectivity index (χ0) is 17.9. The number of unbranched alkanes of at least 4 members (excludes halogenated alkanes) is 1. The molecule has 0 radical (unpaired) electrons. The molecular weight excluding hydrogens is 314 g/mol. The van der Waals surface area contributed by atoms with Crippen LogP contribution in [-0.4, -0.2) is 25.0 Å². The Morgan fingerprint density at radius 1 is 1.12 bits per heavy atom. The van der Waals surface area contributed by atoms with Gasteiger partial charge in [-0.05, 0) is 42.7 Å². The molecular formula is C20H25N3O2. The van der Waals surface area contributed by atoms with Gasteiger partial charge in [0, 0.05) is 12.1 Å². The molecule has 25 heavy (non-hydrogen) atoms. The first-order valence-corrected chi connectivity index (χ1v) is 8.57. The molecule has 0 saturated carbocycles. The van der Waals surface area contributed by atoms with E-state index in [-0.39, 0.29) is 11.9 Å². The topological polar surface area (TPSA) is 76.7 Å². The first-order chi connectivity index (χ1) is 12.2. The van der Waals surface area contributed by atoms with Gasteiger partial charge in [0.25, 0.3) is 5.91 Å². The van der Waals surface area contributed by atoms with Gasteiger partial charge in [-0.3, -0.25) is 15.1 Å². The van der Waals surface area contributed by atoms with Crippen molar-refractivity contribution in [1.29, 1.82) is 0 Å². The summed E-state index contributed by atoms with van der Waals surface area (Å²) in [5, 5.41) is 2.60. The van der Waals surface area contributed by atoms with Crippen LogP contribution in [0.1, 0.15) is 35.7 Å². The van der Waals surface area contributed by atoms with Crippen LogP contribution in [0, 0.1) is 0 Å². The van der Waals surface area contributed by atoms with Crippen LogP contribution < -0.4 is 15.8 Å². The number of nitrogens with two attached hydrogens (primary N) is 1. The Kier molecular flexibility index (Phi) is 7.50. The van der Waals surface area contributed by atoms with Crippen LogP contribution in [0.2, 0.25) is 0 Å². The normalized spacial score (nSPS) is 11.2. The number of hydrogen-bond donors (Lipinski definition) is 2. The third kappa shape index (κ3) is 6.67. The van der Waals surface area contributed by atoms with E-state index >= 15 is 0 Å². The second-order valence-corrected chi connectivity index (χ2v) is 5.68. The molecule has 0 aromatic heterocycles. The Labute approximate surface area is 148 Å². The lowest BCUT2D eigenvalue weighted by Gasteiger charge is -2.07. The van der Waals surface area contributed by atoms with E-state index in [9.17, 15) is 4.79 Å². The number of aliphatic imine (C=N–C) groups is 1. The number of ether oxygens (including phenoxy) is 1. The molecule has 132 valence electrons. The Hall–Kier alpha value is -2.82. The van der Waals surface area contributed by atoms with Crippen molar-refractivity contribution in [3.05, 3.63) is 65.7 Å². The van der Waals surface area contributed by atoms with Crippen molar-refractivity contribution in [1.82, 2.24) is 5.32 Å². The van der Waals surface area contributed by atoms with E-state index in [0.29, 0.717) is 18.7 Å². The van der Waals surface area contributed by atoms with Crippen LogP contribution in [0.25, 0.3) is 0 Å². The minimum Gasteiger partial charge on any atom is -0.494 e. The van der Waals surface area contributed by atoms with E-state index in [1.165, 1.54) is 5.56 Å². The van der Waals surface area contributed by atoms with Crippen LogP contribution in [-0.2, 0) is 6.42 Å². The molecule has 0 spiro atoms. The van der Waals surface area contributed by atoms with E-state index in [2.05, 4.69) is 17.2 Å². The van der Waals surface area contributed by atoms with Gasteiger partial charge >= 0.3 is 0 Å². The first kappa shape index (κ1) is 18.5.